The van der Waals surface area contributed by atoms with Gasteiger partial charge in [0.2, 0.25) is 0 Å². The van der Waals surface area contributed by atoms with Crippen molar-refractivity contribution in [2.24, 2.45) is 4.40 Å². The first kappa shape index (κ1) is 25.2. The van der Waals surface area contributed by atoms with Crippen molar-refractivity contribution in [3.8, 4) is 16.9 Å². The zero-order chi connectivity index (χ0) is 25.9. The largest absolute Gasteiger partial charge is 0.489 e. The molecule has 0 bridgehead atoms. The van der Waals surface area contributed by atoms with Crippen molar-refractivity contribution in [3.05, 3.63) is 77.9 Å². The van der Waals surface area contributed by atoms with Crippen LogP contribution in [0.3, 0.4) is 0 Å². The standard InChI is InChI=1S/C26H26N2O7S/c1-26(2,3)28-36(31,32)27-14-21-12-20(16-34-21)22-11-17(10-19-8-9-33-25(19)22)15-35-23-7-5-4-6-18(23)13-24(29)30/h4-12,14,16,28H,13,15H2,1-3H3,(H,29,30). The van der Waals surface area contributed by atoms with E-state index in [-0.39, 0.29) is 18.8 Å². The summed E-state index contributed by atoms with van der Waals surface area (Å²) in [4.78, 5) is 11.2. The minimum atomic E-state index is -3.88. The summed E-state index contributed by atoms with van der Waals surface area (Å²) < 4.78 is 47.5. The first-order valence-electron chi connectivity index (χ1n) is 11.1. The third-order valence-corrected chi connectivity index (χ3v) is 6.26. The van der Waals surface area contributed by atoms with Crippen LogP contribution in [0.25, 0.3) is 22.1 Å². The number of furan rings is 2. The minimum absolute atomic E-state index is 0.136. The van der Waals surface area contributed by atoms with Crippen LogP contribution in [-0.4, -0.2) is 31.2 Å². The van der Waals surface area contributed by atoms with E-state index in [0.29, 0.717) is 22.5 Å². The fourth-order valence-electron chi connectivity index (χ4n) is 3.65. The van der Waals surface area contributed by atoms with Gasteiger partial charge < -0.3 is 18.7 Å². The second-order valence-electron chi connectivity index (χ2n) is 9.25. The Morgan fingerprint density at radius 3 is 2.67 bits per heavy atom. The fourth-order valence-corrected chi connectivity index (χ4v) is 4.72. The maximum absolute atomic E-state index is 12.1. The van der Waals surface area contributed by atoms with E-state index in [9.17, 15) is 13.2 Å². The van der Waals surface area contributed by atoms with Gasteiger partial charge in [-0.3, -0.25) is 4.79 Å². The number of benzene rings is 2. The Balaban J connectivity index is 1.59. The molecule has 0 aliphatic rings. The molecule has 0 atom stereocenters. The highest BCUT2D eigenvalue weighted by Gasteiger charge is 2.19. The minimum Gasteiger partial charge on any atom is -0.489 e. The Bertz CT molecular complexity index is 1530. The summed E-state index contributed by atoms with van der Waals surface area (Å²) in [6.45, 7) is 5.37. The number of carbonyl (C=O) groups is 1. The first-order chi connectivity index (χ1) is 17.0. The number of fused-ring (bicyclic) bond motifs is 1. The predicted molar refractivity (Wildman–Crippen MR) is 135 cm³/mol. The van der Waals surface area contributed by atoms with Gasteiger partial charge in [0.1, 0.15) is 23.7 Å². The summed E-state index contributed by atoms with van der Waals surface area (Å²) in [7, 11) is -3.88. The molecule has 0 unspecified atom stereocenters. The topological polar surface area (TPSA) is 131 Å². The number of carboxylic acid groups (broad SMARTS) is 1. The molecule has 4 rings (SSSR count). The highest BCUT2D eigenvalue weighted by atomic mass is 32.2. The van der Waals surface area contributed by atoms with Crippen molar-refractivity contribution in [1.29, 1.82) is 0 Å². The molecule has 2 heterocycles. The van der Waals surface area contributed by atoms with Crippen LogP contribution in [-0.2, 0) is 28.0 Å². The molecule has 2 N–H and O–H groups in total. The van der Waals surface area contributed by atoms with Gasteiger partial charge >= 0.3 is 16.2 Å². The van der Waals surface area contributed by atoms with Crippen LogP contribution in [0.5, 0.6) is 5.75 Å². The number of nitrogens with zero attached hydrogens (tertiary/aromatic N) is 1. The number of hydrogen-bond acceptors (Lipinski definition) is 6. The quantitative estimate of drug-likeness (QED) is 0.305. The monoisotopic (exact) mass is 510 g/mol. The summed E-state index contributed by atoms with van der Waals surface area (Å²) in [5.74, 6) is -0.177. The second-order valence-corrected chi connectivity index (χ2v) is 10.6. The van der Waals surface area contributed by atoms with Crippen molar-refractivity contribution in [3.63, 3.8) is 0 Å². The Morgan fingerprint density at radius 1 is 1.14 bits per heavy atom. The second kappa shape index (κ2) is 10.00. The van der Waals surface area contributed by atoms with E-state index in [1.54, 1.807) is 57.4 Å². The van der Waals surface area contributed by atoms with E-state index in [4.69, 9.17) is 18.7 Å². The van der Waals surface area contributed by atoms with Gasteiger partial charge in [-0.15, -0.1) is 0 Å². The smallest absolute Gasteiger partial charge is 0.320 e. The van der Waals surface area contributed by atoms with E-state index in [1.165, 1.54) is 6.26 Å². The zero-order valence-corrected chi connectivity index (χ0v) is 20.8. The molecule has 36 heavy (non-hydrogen) atoms. The number of carboxylic acids is 1. The molecule has 0 amide bonds. The van der Waals surface area contributed by atoms with E-state index in [0.717, 1.165) is 22.7 Å². The molecule has 0 spiro atoms. The highest BCUT2D eigenvalue weighted by molar-refractivity contribution is 7.88. The van der Waals surface area contributed by atoms with E-state index in [1.807, 2.05) is 18.2 Å². The molecular formula is C26H26N2O7S. The lowest BCUT2D eigenvalue weighted by Crippen LogP contribution is -2.39. The normalized spacial score (nSPS) is 12.4. The van der Waals surface area contributed by atoms with Crippen molar-refractivity contribution in [2.45, 2.75) is 39.3 Å². The van der Waals surface area contributed by atoms with E-state index < -0.39 is 21.7 Å². The molecular weight excluding hydrogens is 484 g/mol. The predicted octanol–water partition coefficient (Wildman–Crippen LogP) is 4.95. The van der Waals surface area contributed by atoms with Crippen LogP contribution in [0.4, 0.5) is 0 Å². The Hall–Kier alpha value is -3.89. The van der Waals surface area contributed by atoms with Crippen LogP contribution in [0.2, 0.25) is 0 Å². The summed E-state index contributed by atoms with van der Waals surface area (Å²) in [5, 5.41) is 9.99. The van der Waals surface area contributed by atoms with E-state index in [2.05, 4.69) is 9.12 Å². The van der Waals surface area contributed by atoms with Gasteiger partial charge in [0.25, 0.3) is 0 Å². The van der Waals surface area contributed by atoms with Crippen LogP contribution < -0.4 is 9.46 Å². The van der Waals surface area contributed by atoms with E-state index >= 15 is 0 Å². The number of hydrogen-bond donors (Lipinski definition) is 2. The molecule has 9 nitrogen and oxygen atoms in total. The third-order valence-electron chi connectivity index (χ3n) is 5.00. The summed E-state index contributed by atoms with van der Waals surface area (Å²) in [5.41, 5.74) is 2.80. The van der Waals surface area contributed by atoms with Crippen LogP contribution >= 0.6 is 0 Å². The lowest BCUT2D eigenvalue weighted by molar-refractivity contribution is -0.136. The number of ether oxygens (including phenoxy) is 1. The Labute approximate surface area is 208 Å². The van der Waals surface area contributed by atoms with Gasteiger partial charge in [-0.05, 0) is 56.7 Å². The molecule has 0 saturated carbocycles. The Morgan fingerprint density at radius 2 is 1.92 bits per heavy atom. The van der Waals surface area contributed by atoms with Gasteiger partial charge in [-0.2, -0.15) is 17.5 Å². The van der Waals surface area contributed by atoms with Crippen molar-refractivity contribution in [2.75, 3.05) is 0 Å². The number of aliphatic carboxylic acids is 1. The number of rotatable bonds is 9. The highest BCUT2D eigenvalue weighted by Crippen LogP contribution is 2.33. The molecule has 0 radical (unpaired) electrons. The van der Waals surface area contributed by atoms with Gasteiger partial charge in [0.05, 0.1) is 25.2 Å². The van der Waals surface area contributed by atoms with Crippen molar-refractivity contribution >= 4 is 33.4 Å². The van der Waals surface area contributed by atoms with Gasteiger partial charge in [-0.1, -0.05) is 18.2 Å². The summed E-state index contributed by atoms with van der Waals surface area (Å²) in [6.07, 6.45) is 4.08. The molecule has 4 aromatic rings. The third kappa shape index (κ3) is 6.41. The van der Waals surface area contributed by atoms with Gasteiger partial charge in [0, 0.05) is 27.6 Å². The average Bonchev–Trinajstić information content (AvgIpc) is 3.44. The Kier molecular flexibility index (Phi) is 7.00. The zero-order valence-electron chi connectivity index (χ0n) is 20.0. The molecule has 0 saturated heterocycles. The lowest BCUT2D eigenvalue weighted by Gasteiger charge is -2.17. The molecule has 2 aromatic heterocycles. The molecule has 188 valence electrons. The number of nitrogens with one attached hydrogen (secondary N) is 1. The summed E-state index contributed by atoms with van der Waals surface area (Å²) in [6, 6.07) is 14.3. The lowest BCUT2D eigenvalue weighted by atomic mass is 10.0. The van der Waals surface area contributed by atoms with Crippen LogP contribution in [0.1, 0.15) is 37.7 Å². The molecule has 10 heteroatoms. The van der Waals surface area contributed by atoms with Crippen molar-refractivity contribution in [1.82, 2.24) is 4.72 Å². The van der Waals surface area contributed by atoms with Crippen LogP contribution in [0, 0.1) is 0 Å². The molecule has 0 aliphatic carbocycles. The molecule has 0 fully saturated rings. The SMILES string of the molecule is CC(C)(C)NS(=O)(=O)N=Cc1cc(-c2cc(COc3ccccc3CC(=O)O)cc3ccoc23)co1. The first-order valence-corrected chi connectivity index (χ1v) is 12.5. The van der Waals surface area contributed by atoms with Crippen molar-refractivity contribution < 1.29 is 31.9 Å². The van der Waals surface area contributed by atoms with Gasteiger partial charge in [-0.25, -0.2) is 0 Å². The maximum Gasteiger partial charge on any atom is 0.320 e. The van der Waals surface area contributed by atoms with Crippen LogP contribution in [0.15, 0.2) is 74.3 Å². The fraction of sp³-hybridized carbons (Fsp3) is 0.231. The molecule has 2 aromatic carbocycles. The average molecular weight is 511 g/mol. The van der Waals surface area contributed by atoms with Gasteiger partial charge in [0.15, 0.2) is 0 Å². The summed E-state index contributed by atoms with van der Waals surface area (Å²) >= 11 is 0. The maximum atomic E-state index is 12.1. The number of para-hydroxylation sites is 1. The molecule has 0 aliphatic heterocycles.